The molecular weight excluding hydrogens is 234 g/mol. The summed E-state index contributed by atoms with van der Waals surface area (Å²) in [6.07, 6.45) is 0.184. The first-order valence-electron chi connectivity index (χ1n) is 5.84. The number of piperidine rings is 1. The van der Waals surface area contributed by atoms with E-state index < -0.39 is 11.9 Å². The summed E-state index contributed by atoms with van der Waals surface area (Å²) in [6, 6.07) is 7.34. The van der Waals surface area contributed by atoms with Crippen LogP contribution in [0.3, 0.4) is 0 Å². The van der Waals surface area contributed by atoms with Gasteiger partial charge in [-0.25, -0.2) is 0 Å². The van der Waals surface area contributed by atoms with Crippen molar-refractivity contribution in [1.29, 1.82) is 0 Å². The molecule has 3 atom stereocenters. The number of aliphatic carboxylic acids is 1. The Bertz CT molecular complexity index is 527. The number of likely N-dealkylation sites (tertiary alicyclic amines) is 1. The average molecular weight is 247 g/mol. The second-order valence-corrected chi connectivity index (χ2v) is 4.72. The minimum atomic E-state index is -1.06. The van der Waals surface area contributed by atoms with Crippen LogP contribution in [0.5, 0.6) is 5.75 Å². The van der Waals surface area contributed by atoms with Crippen molar-refractivity contribution in [2.45, 2.75) is 18.6 Å². The molecule has 5 nitrogen and oxygen atoms in total. The molecule has 0 aliphatic carbocycles. The molecule has 1 amide bonds. The van der Waals surface area contributed by atoms with E-state index in [0.29, 0.717) is 12.2 Å². The third-order valence-corrected chi connectivity index (χ3v) is 3.75. The van der Waals surface area contributed by atoms with Gasteiger partial charge in [0.2, 0.25) is 5.91 Å². The van der Waals surface area contributed by atoms with Crippen LogP contribution in [0.1, 0.15) is 17.9 Å². The van der Waals surface area contributed by atoms with Crippen LogP contribution in [0.25, 0.3) is 0 Å². The standard InChI is InChI=1S/C13H13NO4/c1-14-10-6-8(11(12(14)15)13(16)17)7-4-2-3-5-9(7)18-10/h2-5,8,10-11H,6H2,1H3,(H,16,17). The molecule has 1 N–H and O–H groups in total. The maximum atomic E-state index is 12.1. The lowest BCUT2D eigenvalue weighted by atomic mass is 9.77. The third kappa shape index (κ3) is 1.40. The van der Waals surface area contributed by atoms with E-state index in [1.165, 1.54) is 4.90 Å². The second-order valence-electron chi connectivity index (χ2n) is 4.72. The number of carboxylic acid groups (broad SMARTS) is 1. The lowest BCUT2D eigenvalue weighted by molar-refractivity contribution is -0.163. The maximum absolute atomic E-state index is 12.1. The van der Waals surface area contributed by atoms with Crippen molar-refractivity contribution in [3.05, 3.63) is 29.8 Å². The number of nitrogens with zero attached hydrogens (tertiary/aromatic N) is 1. The molecule has 0 aromatic heterocycles. The van der Waals surface area contributed by atoms with Crippen LogP contribution >= 0.6 is 0 Å². The van der Waals surface area contributed by atoms with Crippen molar-refractivity contribution >= 4 is 11.9 Å². The quantitative estimate of drug-likeness (QED) is 0.753. The minimum absolute atomic E-state index is 0.291. The van der Waals surface area contributed by atoms with Gasteiger partial charge in [-0.2, -0.15) is 0 Å². The van der Waals surface area contributed by atoms with Crippen molar-refractivity contribution in [1.82, 2.24) is 4.90 Å². The molecule has 3 rings (SSSR count). The number of carboxylic acids is 1. The van der Waals surface area contributed by atoms with E-state index in [2.05, 4.69) is 0 Å². The summed E-state index contributed by atoms with van der Waals surface area (Å²) in [5.74, 6) is -2.05. The molecule has 2 aliphatic rings. The summed E-state index contributed by atoms with van der Waals surface area (Å²) < 4.78 is 5.73. The van der Waals surface area contributed by atoms with Crippen LogP contribution in [0.4, 0.5) is 0 Å². The molecule has 1 aromatic carbocycles. The molecule has 2 bridgehead atoms. The average Bonchev–Trinajstić information content (AvgIpc) is 2.36. The van der Waals surface area contributed by atoms with E-state index in [1.807, 2.05) is 24.3 Å². The Morgan fingerprint density at radius 2 is 2.17 bits per heavy atom. The second kappa shape index (κ2) is 3.73. The predicted molar refractivity (Wildman–Crippen MR) is 62.1 cm³/mol. The van der Waals surface area contributed by atoms with Gasteiger partial charge < -0.3 is 14.7 Å². The van der Waals surface area contributed by atoms with E-state index in [9.17, 15) is 14.7 Å². The molecule has 1 fully saturated rings. The summed E-state index contributed by atoms with van der Waals surface area (Å²) in [6.45, 7) is 0. The van der Waals surface area contributed by atoms with Crippen LogP contribution in [0, 0.1) is 5.92 Å². The van der Waals surface area contributed by atoms with Crippen LogP contribution in [-0.2, 0) is 9.59 Å². The topological polar surface area (TPSA) is 66.8 Å². The van der Waals surface area contributed by atoms with Gasteiger partial charge in [-0.15, -0.1) is 0 Å². The van der Waals surface area contributed by atoms with Gasteiger partial charge in [0, 0.05) is 19.4 Å². The van der Waals surface area contributed by atoms with Gasteiger partial charge in [-0.1, -0.05) is 18.2 Å². The zero-order valence-electron chi connectivity index (χ0n) is 9.87. The van der Waals surface area contributed by atoms with E-state index >= 15 is 0 Å². The van der Waals surface area contributed by atoms with Gasteiger partial charge >= 0.3 is 5.97 Å². The number of carbonyl (C=O) groups is 2. The van der Waals surface area contributed by atoms with E-state index in [-0.39, 0.29) is 18.1 Å². The van der Waals surface area contributed by atoms with Crippen molar-refractivity contribution < 1.29 is 19.4 Å². The van der Waals surface area contributed by atoms with Crippen molar-refractivity contribution in [3.63, 3.8) is 0 Å². The number of hydrogen-bond donors (Lipinski definition) is 1. The Hall–Kier alpha value is -2.04. The highest BCUT2D eigenvalue weighted by molar-refractivity contribution is 5.99. The zero-order valence-corrected chi connectivity index (χ0v) is 9.87. The van der Waals surface area contributed by atoms with Crippen LogP contribution in [-0.4, -0.2) is 35.2 Å². The Kier molecular flexibility index (Phi) is 2.29. The molecule has 94 valence electrons. The van der Waals surface area contributed by atoms with E-state index in [4.69, 9.17) is 4.74 Å². The van der Waals surface area contributed by atoms with Crippen LogP contribution < -0.4 is 4.74 Å². The molecule has 3 unspecified atom stereocenters. The number of rotatable bonds is 1. The van der Waals surface area contributed by atoms with Crippen molar-refractivity contribution in [3.8, 4) is 5.75 Å². The van der Waals surface area contributed by atoms with E-state index in [1.54, 1.807) is 7.05 Å². The summed E-state index contributed by atoms with van der Waals surface area (Å²) >= 11 is 0. The molecule has 5 heteroatoms. The van der Waals surface area contributed by atoms with E-state index in [0.717, 1.165) is 5.56 Å². The number of fused-ring (bicyclic) bond motifs is 4. The fourth-order valence-corrected chi connectivity index (χ4v) is 2.80. The lowest BCUT2D eigenvalue weighted by Gasteiger charge is -2.44. The summed E-state index contributed by atoms with van der Waals surface area (Å²) in [5, 5.41) is 9.28. The molecule has 0 spiro atoms. The van der Waals surface area contributed by atoms with Crippen molar-refractivity contribution in [2.24, 2.45) is 5.92 Å². The number of benzene rings is 1. The van der Waals surface area contributed by atoms with Crippen LogP contribution in [0.2, 0.25) is 0 Å². The van der Waals surface area contributed by atoms with Gasteiger partial charge in [-0.05, 0) is 11.6 Å². The van der Waals surface area contributed by atoms with Gasteiger partial charge in [-0.3, -0.25) is 9.59 Å². The Morgan fingerprint density at radius 1 is 1.44 bits per heavy atom. The van der Waals surface area contributed by atoms with Gasteiger partial charge in [0.05, 0.1) is 0 Å². The highest BCUT2D eigenvalue weighted by Gasteiger charge is 2.49. The largest absolute Gasteiger partial charge is 0.481 e. The number of para-hydroxylation sites is 1. The summed E-state index contributed by atoms with van der Waals surface area (Å²) in [7, 11) is 1.59. The number of amides is 1. The fraction of sp³-hybridized carbons (Fsp3) is 0.385. The van der Waals surface area contributed by atoms with Gasteiger partial charge in [0.25, 0.3) is 0 Å². The Labute approximate surface area is 104 Å². The highest BCUT2D eigenvalue weighted by Crippen LogP contribution is 2.45. The zero-order chi connectivity index (χ0) is 12.9. The monoisotopic (exact) mass is 247 g/mol. The molecule has 2 heterocycles. The van der Waals surface area contributed by atoms with Gasteiger partial charge in [0.1, 0.15) is 11.7 Å². The molecule has 18 heavy (non-hydrogen) atoms. The van der Waals surface area contributed by atoms with Gasteiger partial charge in [0.15, 0.2) is 6.23 Å². The number of ether oxygens (including phenoxy) is 1. The lowest BCUT2D eigenvalue weighted by Crippen LogP contribution is -2.55. The third-order valence-electron chi connectivity index (χ3n) is 3.75. The first-order chi connectivity index (χ1) is 8.59. The maximum Gasteiger partial charge on any atom is 0.316 e. The summed E-state index contributed by atoms with van der Waals surface area (Å²) in [4.78, 5) is 24.8. The summed E-state index contributed by atoms with van der Waals surface area (Å²) in [5.41, 5.74) is 0.822. The minimum Gasteiger partial charge on any atom is -0.481 e. The fourth-order valence-electron chi connectivity index (χ4n) is 2.80. The first kappa shape index (κ1) is 11.1. The number of hydrogen-bond acceptors (Lipinski definition) is 3. The molecule has 1 aromatic rings. The smallest absolute Gasteiger partial charge is 0.316 e. The number of carbonyl (C=O) groups excluding carboxylic acids is 1. The van der Waals surface area contributed by atoms with Crippen molar-refractivity contribution in [2.75, 3.05) is 7.05 Å². The Morgan fingerprint density at radius 3 is 2.89 bits per heavy atom. The molecule has 0 saturated carbocycles. The molecule has 2 aliphatic heterocycles. The highest BCUT2D eigenvalue weighted by atomic mass is 16.5. The molecule has 0 radical (unpaired) electrons. The molecular formula is C13H13NO4. The normalized spacial score (nSPS) is 29.5. The predicted octanol–water partition coefficient (Wildman–Crippen LogP) is 1.05. The Balaban J connectivity index is 2.12. The first-order valence-corrected chi connectivity index (χ1v) is 5.84. The van der Waals surface area contributed by atoms with Crippen LogP contribution in [0.15, 0.2) is 24.3 Å². The molecule has 1 saturated heterocycles. The SMILES string of the molecule is CN1C(=O)C(C(=O)O)C2CC1Oc1ccccc12.